The van der Waals surface area contributed by atoms with Gasteiger partial charge in [0.1, 0.15) is 0 Å². The van der Waals surface area contributed by atoms with Gasteiger partial charge in [-0.2, -0.15) is 0 Å². The summed E-state index contributed by atoms with van der Waals surface area (Å²) in [7, 11) is 0. The van der Waals surface area contributed by atoms with E-state index in [4.69, 9.17) is 16.7 Å². The molecule has 0 unspecified atom stereocenters. The van der Waals surface area contributed by atoms with Crippen molar-refractivity contribution in [3.05, 3.63) is 28.8 Å². The lowest BCUT2D eigenvalue weighted by Crippen LogP contribution is -1.88. The Labute approximate surface area is 94.5 Å². The second kappa shape index (κ2) is 6.33. The molecule has 0 saturated heterocycles. The number of aliphatic hydroxyl groups excluding tert-OH is 1. The Morgan fingerprint density at radius 2 is 2.21 bits per heavy atom. The van der Waals surface area contributed by atoms with E-state index in [0.717, 1.165) is 16.2 Å². The Hall–Kier alpha value is -0.180. The number of unbranched alkanes of at least 4 members (excludes halogenated alkanes) is 1. The van der Waals surface area contributed by atoms with E-state index >= 15 is 0 Å². The first kappa shape index (κ1) is 11.9. The minimum Gasteiger partial charge on any atom is -0.392 e. The van der Waals surface area contributed by atoms with Crippen LogP contribution < -0.4 is 0 Å². The molecule has 1 aromatic carbocycles. The van der Waals surface area contributed by atoms with Crippen LogP contribution in [0.3, 0.4) is 0 Å². The zero-order valence-corrected chi connectivity index (χ0v) is 9.87. The Kier molecular flexibility index (Phi) is 5.38. The molecule has 0 aliphatic rings. The molecular weight excluding hydrogens is 216 g/mol. The number of hydrogen-bond donors (Lipinski definition) is 1. The standard InChI is InChI=1S/C11H15ClOS/c1-2-3-6-14-11-5-4-10(12)7-9(11)8-13/h4-5,7,13H,2-3,6,8H2,1H3. The topological polar surface area (TPSA) is 20.2 Å². The fourth-order valence-electron chi connectivity index (χ4n) is 1.14. The quantitative estimate of drug-likeness (QED) is 0.615. The molecule has 0 fully saturated rings. The van der Waals surface area contributed by atoms with Gasteiger partial charge in [-0.3, -0.25) is 0 Å². The normalized spacial score (nSPS) is 10.5. The van der Waals surface area contributed by atoms with E-state index in [-0.39, 0.29) is 6.61 Å². The Bertz CT molecular complexity index is 289. The summed E-state index contributed by atoms with van der Waals surface area (Å²) in [6, 6.07) is 5.68. The summed E-state index contributed by atoms with van der Waals surface area (Å²) in [5.41, 5.74) is 0.929. The highest BCUT2D eigenvalue weighted by molar-refractivity contribution is 7.99. The third-order valence-electron chi connectivity index (χ3n) is 1.95. The second-order valence-electron chi connectivity index (χ2n) is 3.11. The molecule has 0 amide bonds. The lowest BCUT2D eigenvalue weighted by Gasteiger charge is -2.06. The highest BCUT2D eigenvalue weighted by Crippen LogP contribution is 2.26. The van der Waals surface area contributed by atoms with Crippen LogP contribution in [-0.2, 0) is 6.61 Å². The number of rotatable bonds is 5. The Balaban J connectivity index is 2.65. The number of hydrogen-bond acceptors (Lipinski definition) is 2. The van der Waals surface area contributed by atoms with Crippen molar-refractivity contribution in [2.75, 3.05) is 5.75 Å². The van der Waals surface area contributed by atoms with Gasteiger partial charge in [-0.25, -0.2) is 0 Å². The van der Waals surface area contributed by atoms with Crippen LogP contribution in [0.25, 0.3) is 0 Å². The van der Waals surface area contributed by atoms with Crippen molar-refractivity contribution >= 4 is 23.4 Å². The van der Waals surface area contributed by atoms with Gasteiger partial charge < -0.3 is 5.11 Å². The molecule has 3 heteroatoms. The zero-order valence-electron chi connectivity index (χ0n) is 8.29. The average Bonchev–Trinajstić information content (AvgIpc) is 2.20. The van der Waals surface area contributed by atoms with Crippen LogP contribution in [0, 0.1) is 0 Å². The molecule has 0 aliphatic heterocycles. The highest BCUT2D eigenvalue weighted by Gasteiger charge is 2.02. The minimum atomic E-state index is 0.0645. The van der Waals surface area contributed by atoms with Crippen LogP contribution >= 0.6 is 23.4 Å². The molecule has 0 radical (unpaired) electrons. The number of aliphatic hydroxyl groups is 1. The summed E-state index contributed by atoms with van der Waals surface area (Å²) >= 11 is 7.62. The first-order valence-electron chi connectivity index (χ1n) is 4.80. The molecule has 1 aromatic rings. The van der Waals surface area contributed by atoms with Gasteiger partial charge in [-0.05, 0) is 35.9 Å². The third kappa shape index (κ3) is 3.52. The van der Waals surface area contributed by atoms with Crippen molar-refractivity contribution in [2.24, 2.45) is 0 Å². The van der Waals surface area contributed by atoms with Gasteiger partial charge in [0.05, 0.1) is 6.61 Å². The van der Waals surface area contributed by atoms with E-state index in [0.29, 0.717) is 5.02 Å². The van der Waals surface area contributed by atoms with Gasteiger partial charge in [0.15, 0.2) is 0 Å². The van der Waals surface area contributed by atoms with Gasteiger partial charge in [-0.15, -0.1) is 11.8 Å². The maximum Gasteiger partial charge on any atom is 0.0693 e. The minimum absolute atomic E-state index is 0.0645. The lowest BCUT2D eigenvalue weighted by molar-refractivity contribution is 0.279. The van der Waals surface area contributed by atoms with Crippen molar-refractivity contribution in [3.8, 4) is 0 Å². The van der Waals surface area contributed by atoms with Crippen LogP contribution in [0.5, 0.6) is 0 Å². The van der Waals surface area contributed by atoms with Crippen LogP contribution in [0.15, 0.2) is 23.1 Å². The maximum atomic E-state index is 9.13. The van der Waals surface area contributed by atoms with Crippen molar-refractivity contribution < 1.29 is 5.11 Å². The van der Waals surface area contributed by atoms with Gasteiger partial charge in [0.2, 0.25) is 0 Å². The Morgan fingerprint density at radius 1 is 1.43 bits per heavy atom. The summed E-state index contributed by atoms with van der Waals surface area (Å²) in [5, 5.41) is 9.82. The highest BCUT2D eigenvalue weighted by atomic mass is 35.5. The summed E-state index contributed by atoms with van der Waals surface area (Å²) in [6.45, 7) is 2.24. The molecule has 1 nitrogen and oxygen atoms in total. The molecular formula is C11H15ClOS. The molecule has 1 rings (SSSR count). The van der Waals surface area contributed by atoms with Crippen molar-refractivity contribution in [3.63, 3.8) is 0 Å². The summed E-state index contributed by atoms with van der Waals surface area (Å²) in [4.78, 5) is 1.14. The summed E-state index contributed by atoms with van der Waals surface area (Å²) in [5.74, 6) is 1.10. The molecule has 1 N–H and O–H groups in total. The van der Waals surface area contributed by atoms with E-state index in [1.807, 2.05) is 18.2 Å². The van der Waals surface area contributed by atoms with Crippen molar-refractivity contribution in [1.29, 1.82) is 0 Å². The average molecular weight is 231 g/mol. The zero-order chi connectivity index (χ0) is 10.4. The fraction of sp³-hybridized carbons (Fsp3) is 0.455. The largest absolute Gasteiger partial charge is 0.392 e. The van der Waals surface area contributed by atoms with Gasteiger partial charge in [0.25, 0.3) is 0 Å². The summed E-state index contributed by atoms with van der Waals surface area (Å²) < 4.78 is 0. The van der Waals surface area contributed by atoms with Crippen LogP contribution in [0.1, 0.15) is 25.3 Å². The molecule has 0 bridgehead atoms. The monoisotopic (exact) mass is 230 g/mol. The van der Waals surface area contributed by atoms with Crippen molar-refractivity contribution in [1.82, 2.24) is 0 Å². The molecule has 0 spiro atoms. The van der Waals surface area contributed by atoms with Crippen LogP contribution in [-0.4, -0.2) is 10.9 Å². The molecule has 14 heavy (non-hydrogen) atoms. The SMILES string of the molecule is CCCCSc1ccc(Cl)cc1CO. The van der Waals surface area contributed by atoms with E-state index in [1.54, 1.807) is 11.8 Å². The van der Waals surface area contributed by atoms with Crippen molar-refractivity contribution in [2.45, 2.75) is 31.3 Å². The number of benzene rings is 1. The van der Waals surface area contributed by atoms with E-state index in [1.165, 1.54) is 12.8 Å². The Morgan fingerprint density at radius 3 is 2.86 bits per heavy atom. The maximum absolute atomic E-state index is 9.13. The van der Waals surface area contributed by atoms with E-state index in [9.17, 15) is 0 Å². The molecule has 0 aliphatic carbocycles. The molecule has 78 valence electrons. The molecule has 0 saturated carbocycles. The van der Waals surface area contributed by atoms with Gasteiger partial charge in [0, 0.05) is 9.92 Å². The smallest absolute Gasteiger partial charge is 0.0693 e. The molecule has 0 atom stereocenters. The predicted octanol–water partition coefficient (Wildman–Crippen LogP) is 3.72. The summed E-state index contributed by atoms with van der Waals surface area (Å²) in [6.07, 6.45) is 2.41. The van der Waals surface area contributed by atoms with Gasteiger partial charge in [-0.1, -0.05) is 24.9 Å². The van der Waals surface area contributed by atoms with Crippen LogP contribution in [0.4, 0.5) is 0 Å². The van der Waals surface area contributed by atoms with E-state index in [2.05, 4.69) is 6.92 Å². The lowest BCUT2D eigenvalue weighted by atomic mass is 10.2. The van der Waals surface area contributed by atoms with Crippen LogP contribution in [0.2, 0.25) is 5.02 Å². The number of thioether (sulfide) groups is 1. The second-order valence-corrected chi connectivity index (χ2v) is 4.69. The third-order valence-corrected chi connectivity index (χ3v) is 3.39. The first-order chi connectivity index (χ1) is 6.77. The molecule has 0 heterocycles. The first-order valence-corrected chi connectivity index (χ1v) is 6.16. The number of halogens is 1. The predicted molar refractivity (Wildman–Crippen MR) is 63.0 cm³/mol. The van der Waals surface area contributed by atoms with Gasteiger partial charge >= 0.3 is 0 Å². The van der Waals surface area contributed by atoms with E-state index < -0.39 is 0 Å². The molecule has 0 aromatic heterocycles. The fourth-order valence-corrected chi connectivity index (χ4v) is 2.46.